The van der Waals surface area contributed by atoms with Gasteiger partial charge in [-0.15, -0.1) is 0 Å². The van der Waals surface area contributed by atoms with Crippen LogP contribution in [0.1, 0.15) is 53.6 Å². The number of fused-ring (bicyclic) bond motifs is 1. The lowest BCUT2D eigenvalue weighted by Crippen LogP contribution is -2.46. The second kappa shape index (κ2) is 13.0. The van der Waals surface area contributed by atoms with E-state index in [0.29, 0.717) is 45.9 Å². The topological polar surface area (TPSA) is 52.2 Å². The van der Waals surface area contributed by atoms with Gasteiger partial charge in [0.1, 0.15) is 0 Å². The fourth-order valence-corrected chi connectivity index (χ4v) is 7.07. The van der Waals surface area contributed by atoms with E-state index in [9.17, 15) is 18.0 Å². The number of likely N-dealkylation sites (N-methyl/N-ethyl adjacent to an activating group) is 1. The molecule has 0 radical (unpaired) electrons. The summed E-state index contributed by atoms with van der Waals surface area (Å²) in [6.07, 6.45) is 1.37. The van der Waals surface area contributed by atoms with E-state index < -0.39 is 17.7 Å². The molecule has 0 N–H and O–H groups in total. The fourth-order valence-electron chi connectivity index (χ4n) is 7.07. The van der Waals surface area contributed by atoms with Crippen LogP contribution in [0, 0.1) is 0 Å². The Morgan fingerprint density at radius 3 is 2.34 bits per heavy atom. The average molecular weight is 610 g/mol. The minimum atomic E-state index is -4.49. The van der Waals surface area contributed by atoms with Gasteiger partial charge in [-0.3, -0.25) is 4.90 Å². The van der Waals surface area contributed by atoms with Crippen LogP contribution in [0.25, 0.3) is 22.2 Å². The van der Waals surface area contributed by atoms with Crippen molar-refractivity contribution >= 4 is 22.6 Å². The third-order valence-electron chi connectivity index (χ3n) is 9.64. The molecule has 0 spiro atoms. The Labute approximate surface area is 257 Å². The van der Waals surface area contributed by atoms with E-state index in [0.717, 1.165) is 83.0 Å². The molecule has 0 atom stereocenters. The molecule has 0 unspecified atom stereocenters. The normalized spacial score (nSPS) is 19.9. The largest absolute Gasteiger partial charge is 0.465 e. The first-order chi connectivity index (χ1) is 21.2. The molecule has 0 bridgehead atoms. The molecule has 44 heavy (non-hydrogen) atoms. The standard InChI is InChI=1S/C34H42F3N5O2/c1-39-17-19-42(20-18-39)27-9-10-30-28(22-27)31(33(43)44-2)29(32(38-30)24-7-6-8-25(21-24)34(35,36)37)23-40-15-11-26(12-16-40)41-13-4-3-5-14-41/h6-10,21-22,26H,3-5,11-20,23H2,1-2H3. The van der Waals surface area contributed by atoms with Crippen LogP contribution < -0.4 is 4.90 Å². The number of piperidine rings is 2. The van der Waals surface area contributed by atoms with Crippen LogP contribution in [0.5, 0.6) is 0 Å². The molecule has 2 aromatic carbocycles. The van der Waals surface area contributed by atoms with E-state index in [1.807, 2.05) is 18.2 Å². The maximum absolute atomic E-state index is 13.8. The van der Waals surface area contributed by atoms with Crippen LogP contribution in [-0.4, -0.2) is 98.2 Å². The molecule has 0 amide bonds. The highest BCUT2D eigenvalue weighted by atomic mass is 19.4. The zero-order valence-electron chi connectivity index (χ0n) is 25.7. The number of alkyl halides is 3. The van der Waals surface area contributed by atoms with Crippen LogP contribution in [0.2, 0.25) is 0 Å². The molecule has 3 aromatic rings. The van der Waals surface area contributed by atoms with E-state index >= 15 is 0 Å². The van der Waals surface area contributed by atoms with Gasteiger partial charge in [-0.1, -0.05) is 18.6 Å². The Morgan fingerprint density at radius 1 is 0.932 bits per heavy atom. The molecule has 1 aromatic heterocycles. The number of rotatable bonds is 6. The molecular weight excluding hydrogens is 567 g/mol. The summed E-state index contributed by atoms with van der Waals surface area (Å²) in [6.45, 7) is 8.02. The minimum Gasteiger partial charge on any atom is -0.465 e. The van der Waals surface area contributed by atoms with Gasteiger partial charge in [0.25, 0.3) is 0 Å². The number of anilines is 1. The Hall–Kier alpha value is -3.21. The molecule has 3 aliphatic heterocycles. The molecule has 7 nitrogen and oxygen atoms in total. The van der Waals surface area contributed by atoms with Gasteiger partial charge in [0.2, 0.25) is 0 Å². The van der Waals surface area contributed by atoms with Gasteiger partial charge in [-0.25, -0.2) is 9.78 Å². The lowest BCUT2D eigenvalue weighted by atomic mass is 9.93. The first-order valence-corrected chi connectivity index (χ1v) is 15.8. The molecule has 236 valence electrons. The summed E-state index contributed by atoms with van der Waals surface area (Å²) in [6, 6.07) is 11.7. The summed E-state index contributed by atoms with van der Waals surface area (Å²) in [7, 11) is 3.46. The third kappa shape index (κ3) is 6.57. The molecule has 4 heterocycles. The summed E-state index contributed by atoms with van der Waals surface area (Å²) in [5.41, 5.74) is 2.56. The molecule has 3 aliphatic rings. The van der Waals surface area contributed by atoms with Crippen molar-refractivity contribution in [3.05, 3.63) is 59.2 Å². The number of esters is 1. The van der Waals surface area contributed by atoms with Gasteiger partial charge in [0.15, 0.2) is 0 Å². The van der Waals surface area contributed by atoms with E-state index in [1.165, 1.54) is 32.4 Å². The Bertz CT molecular complexity index is 1470. The maximum Gasteiger partial charge on any atom is 0.416 e. The smallest absolute Gasteiger partial charge is 0.416 e. The minimum absolute atomic E-state index is 0.341. The second-order valence-corrected chi connectivity index (χ2v) is 12.5. The number of hydrogen-bond donors (Lipinski definition) is 0. The van der Waals surface area contributed by atoms with E-state index in [2.05, 4.69) is 26.6 Å². The Kier molecular flexibility index (Phi) is 9.12. The third-order valence-corrected chi connectivity index (χ3v) is 9.64. The van der Waals surface area contributed by atoms with E-state index in [4.69, 9.17) is 9.72 Å². The molecule has 3 fully saturated rings. The SMILES string of the molecule is COC(=O)c1c(CN2CCC(N3CCCCC3)CC2)c(-c2cccc(C(F)(F)F)c2)nc2ccc(N3CCN(C)CC3)cc12. The van der Waals surface area contributed by atoms with Gasteiger partial charge in [-0.05, 0) is 89.2 Å². The first-order valence-electron chi connectivity index (χ1n) is 15.8. The van der Waals surface area contributed by atoms with Crippen LogP contribution in [-0.2, 0) is 17.5 Å². The summed E-state index contributed by atoms with van der Waals surface area (Å²) < 4.78 is 46.7. The quantitative estimate of drug-likeness (QED) is 0.322. The average Bonchev–Trinajstić information content (AvgIpc) is 3.04. The zero-order valence-corrected chi connectivity index (χ0v) is 25.7. The number of carbonyl (C=O) groups is 1. The van der Waals surface area contributed by atoms with Crippen molar-refractivity contribution in [2.24, 2.45) is 0 Å². The van der Waals surface area contributed by atoms with Crippen LogP contribution in [0.3, 0.4) is 0 Å². The summed E-state index contributed by atoms with van der Waals surface area (Å²) in [4.78, 5) is 28.1. The van der Waals surface area contributed by atoms with Crippen molar-refractivity contribution in [1.82, 2.24) is 19.7 Å². The number of benzene rings is 2. The lowest BCUT2D eigenvalue weighted by molar-refractivity contribution is -0.137. The number of piperazine rings is 1. The Morgan fingerprint density at radius 2 is 1.66 bits per heavy atom. The van der Waals surface area contributed by atoms with Crippen molar-refractivity contribution in [3.63, 3.8) is 0 Å². The molecule has 6 rings (SSSR count). The van der Waals surface area contributed by atoms with Crippen molar-refractivity contribution < 1.29 is 22.7 Å². The predicted octanol–water partition coefficient (Wildman–Crippen LogP) is 5.91. The highest BCUT2D eigenvalue weighted by Crippen LogP contribution is 2.37. The number of hydrogen-bond acceptors (Lipinski definition) is 7. The molecular formula is C34H42F3N5O2. The van der Waals surface area contributed by atoms with E-state index in [1.54, 1.807) is 6.07 Å². The number of carbonyl (C=O) groups excluding carboxylic acids is 1. The number of nitrogens with zero attached hydrogens (tertiary/aromatic N) is 5. The summed E-state index contributed by atoms with van der Waals surface area (Å²) in [5, 5.41) is 0.669. The number of aromatic nitrogens is 1. The van der Waals surface area contributed by atoms with Gasteiger partial charge >= 0.3 is 12.1 Å². The Balaban J connectivity index is 1.42. The first kappa shape index (κ1) is 30.8. The maximum atomic E-state index is 13.8. The number of ether oxygens (including phenoxy) is 1. The van der Waals surface area contributed by atoms with Gasteiger partial charge < -0.3 is 19.4 Å². The fraction of sp³-hybridized carbons (Fsp3) is 0.529. The molecule has 0 saturated carbocycles. The van der Waals surface area contributed by atoms with E-state index in [-0.39, 0.29) is 0 Å². The number of methoxy groups -OCH3 is 1. The zero-order chi connectivity index (χ0) is 30.8. The summed E-state index contributed by atoms with van der Waals surface area (Å²) in [5.74, 6) is -0.501. The highest BCUT2D eigenvalue weighted by molar-refractivity contribution is 6.07. The number of halogens is 3. The monoisotopic (exact) mass is 609 g/mol. The van der Waals surface area contributed by atoms with Crippen molar-refractivity contribution in [2.75, 3.05) is 71.4 Å². The molecule has 3 saturated heterocycles. The van der Waals surface area contributed by atoms with Crippen LogP contribution in [0.4, 0.5) is 18.9 Å². The van der Waals surface area contributed by atoms with Gasteiger partial charge in [-0.2, -0.15) is 13.2 Å². The summed E-state index contributed by atoms with van der Waals surface area (Å²) >= 11 is 0. The van der Waals surface area contributed by atoms with Crippen molar-refractivity contribution in [3.8, 4) is 11.3 Å². The van der Waals surface area contributed by atoms with Crippen molar-refractivity contribution in [1.29, 1.82) is 0 Å². The van der Waals surface area contributed by atoms with Crippen LogP contribution >= 0.6 is 0 Å². The predicted molar refractivity (Wildman–Crippen MR) is 167 cm³/mol. The highest BCUT2D eigenvalue weighted by Gasteiger charge is 2.32. The van der Waals surface area contributed by atoms with Gasteiger partial charge in [0, 0.05) is 61.0 Å². The number of likely N-dealkylation sites (tertiary alicyclic amines) is 2. The molecule has 10 heteroatoms. The van der Waals surface area contributed by atoms with Crippen LogP contribution in [0.15, 0.2) is 42.5 Å². The molecule has 0 aliphatic carbocycles. The van der Waals surface area contributed by atoms with Crippen molar-refractivity contribution in [2.45, 2.75) is 50.9 Å². The second-order valence-electron chi connectivity index (χ2n) is 12.5. The lowest BCUT2D eigenvalue weighted by Gasteiger charge is -2.40. The van der Waals surface area contributed by atoms with Gasteiger partial charge in [0.05, 0.1) is 29.4 Å². The number of pyridine rings is 1.